The van der Waals surface area contributed by atoms with Crippen LogP contribution in [-0.4, -0.2) is 47.8 Å². The van der Waals surface area contributed by atoms with Crippen LogP contribution >= 0.6 is 7.82 Å². The zero-order valence-corrected chi connectivity index (χ0v) is 30.9. The Morgan fingerprint density at radius 3 is 1.68 bits per heavy atom. The molecule has 0 aliphatic heterocycles. The van der Waals surface area contributed by atoms with Crippen molar-refractivity contribution in [3.8, 4) is 0 Å². The van der Waals surface area contributed by atoms with Gasteiger partial charge < -0.3 is 21.1 Å². The molecule has 1 amide bonds. The Labute approximate surface area is 288 Å². The maximum absolute atomic E-state index is 12.7. The number of phosphoric ester groups is 1. The van der Waals surface area contributed by atoms with Crippen LogP contribution in [-0.2, 0) is 18.4 Å². The topological polar surface area (TPSA) is 131 Å². The maximum Gasteiger partial charge on any atom is 0.472 e. The van der Waals surface area contributed by atoms with Gasteiger partial charge in [-0.25, -0.2) is 4.57 Å². The fourth-order valence-electron chi connectivity index (χ4n) is 5.15. The minimum atomic E-state index is -4.33. The molecule has 0 bridgehead atoms. The second-order valence-electron chi connectivity index (χ2n) is 12.4. The molecule has 0 spiro atoms. The van der Waals surface area contributed by atoms with Gasteiger partial charge in [-0.05, 0) is 38.5 Å². The number of aliphatic hydroxyl groups is 1. The van der Waals surface area contributed by atoms with E-state index in [1.807, 2.05) is 12.2 Å². The monoisotopic (exact) mass is 683 g/mol. The molecule has 0 aliphatic rings. The maximum atomic E-state index is 12.7. The van der Waals surface area contributed by atoms with E-state index in [4.69, 9.17) is 14.8 Å². The Kier molecular flexibility index (Phi) is 33.2. The third-order valence-electron chi connectivity index (χ3n) is 7.96. The molecule has 0 heterocycles. The molecule has 0 saturated carbocycles. The van der Waals surface area contributed by atoms with Crippen LogP contribution in [0.3, 0.4) is 0 Å². The molecule has 3 atom stereocenters. The zero-order chi connectivity index (χ0) is 34.7. The second kappa shape index (κ2) is 34.3. The molecule has 0 radical (unpaired) electrons. The van der Waals surface area contributed by atoms with Gasteiger partial charge in [0.2, 0.25) is 5.91 Å². The largest absolute Gasteiger partial charge is 0.472 e. The molecule has 274 valence electrons. The van der Waals surface area contributed by atoms with E-state index >= 15 is 0 Å². The van der Waals surface area contributed by atoms with Crippen LogP contribution in [0.5, 0.6) is 0 Å². The lowest BCUT2D eigenvalue weighted by atomic mass is 10.0. The summed E-state index contributed by atoms with van der Waals surface area (Å²) in [5.74, 6) is -0.243. The molecule has 5 N–H and O–H groups in total. The van der Waals surface area contributed by atoms with Gasteiger partial charge in [0.1, 0.15) is 0 Å². The van der Waals surface area contributed by atoms with Crippen molar-refractivity contribution in [3.05, 3.63) is 48.6 Å². The normalized spacial score (nSPS) is 14.9. The number of carbonyl (C=O) groups is 1. The second-order valence-corrected chi connectivity index (χ2v) is 13.9. The van der Waals surface area contributed by atoms with Crippen molar-refractivity contribution in [2.45, 2.75) is 167 Å². The summed E-state index contributed by atoms with van der Waals surface area (Å²) in [7, 11) is -4.33. The number of hydrogen-bond donors (Lipinski definition) is 4. The van der Waals surface area contributed by atoms with Gasteiger partial charge in [-0.2, -0.15) is 0 Å². The van der Waals surface area contributed by atoms with Crippen molar-refractivity contribution in [2.75, 3.05) is 19.8 Å². The first kappa shape index (κ1) is 45.5. The third kappa shape index (κ3) is 32.8. The highest BCUT2D eigenvalue weighted by atomic mass is 31.2. The van der Waals surface area contributed by atoms with Crippen LogP contribution in [0.15, 0.2) is 48.6 Å². The molecule has 8 nitrogen and oxygen atoms in total. The minimum Gasteiger partial charge on any atom is -0.391 e. The smallest absolute Gasteiger partial charge is 0.391 e. The van der Waals surface area contributed by atoms with Gasteiger partial charge in [0.15, 0.2) is 0 Å². The van der Waals surface area contributed by atoms with Crippen molar-refractivity contribution in [1.29, 1.82) is 0 Å². The lowest BCUT2D eigenvalue weighted by molar-refractivity contribution is -0.123. The van der Waals surface area contributed by atoms with Crippen LogP contribution in [0.4, 0.5) is 0 Å². The summed E-state index contributed by atoms with van der Waals surface area (Å²) in [6.07, 6.45) is 39.9. The first-order valence-corrected chi connectivity index (χ1v) is 20.2. The fourth-order valence-corrected chi connectivity index (χ4v) is 5.91. The van der Waals surface area contributed by atoms with Gasteiger partial charge in [-0.15, -0.1) is 0 Å². The molecule has 0 rings (SSSR count). The first-order chi connectivity index (χ1) is 22.9. The van der Waals surface area contributed by atoms with E-state index in [-0.39, 0.29) is 32.1 Å². The van der Waals surface area contributed by atoms with Gasteiger partial charge in [-0.3, -0.25) is 13.8 Å². The summed E-state index contributed by atoms with van der Waals surface area (Å²) in [5, 5.41) is 13.7. The van der Waals surface area contributed by atoms with Gasteiger partial charge in [0.05, 0.1) is 25.4 Å². The number of allylic oxidation sites excluding steroid dienone is 8. The van der Waals surface area contributed by atoms with E-state index in [9.17, 15) is 19.4 Å². The lowest BCUT2D eigenvalue weighted by Crippen LogP contribution is -2.46. The van der Waals surface area contributed by atoms with E-state index < -0.39 is 20.0 Å². The van der Waals surface area contributed by atoms with Gasteiger partial charge in [-0.1, -0.05) is 159 Å². The molecule has 0 fully saturated rings. The molecule has 9 heteroatoms. The van der Waals surface area contributed by atoms with Crippen LogP contribution in [0.1, 0.15) is 155 Å². The summed E-state index contributed by atoms with van der Waals surface area (Å²) < 4.78 is 22.0. The van der Waals surface area contributed by atoms with Crippen LogP contribution in [0, 0.1) is 0 Å². The molecule has 0 aromatic carbocycles. The summed E-state index contributed by atoms with van der Waals surface area (Å²) in [6, 6.07) is -0.812. The van der Waals surface area contributed by atoms with Crippen molar-refractivity contribution in [1.82, 2.24) is 5.32 Å². The molecule has 0 aliphatic carbocycles. The van der Waals surface area contributed by atoms with Crippen LogP contribution in [0.2, 0.25) is 0 Å². The number of unbranched alkanes of at least 4 members (excludes halogenated alkanes) is 14. The summed E-state index contributed by atoms with van der Waals surface area (Å²) in [6.45, 7) is 4.01. The van der Waals surface area contributed by atoms with Gasteiger partial charge >= 0.3 is 7.82 Å². The number of nitrogens with one attached hydrogen (secondary N) is 1. The number of hydrogen-bond acceptors (Lipinski definition) is 6. The standard InChI is InChI=1S/C38H71N2O6P/c1-3-5-7-9-11-13-15-17-18-20-21-23-25-27-29-31-37(41)36(35-46-47(43,44)45-34-33-39)40-38(42)32-30-28-26-24-22-19-16-14-12-10-8-6-4-2/h6,8,12,14,19,22,26,28,36-37,41H,3-5,7,9-11,13,15-18,20-21,23-25,27,29-35,39H2,1-2H3,(H,40,42)(H,43,44)/b8-6-,14-12-,22-19-,28-26-. The highest BCUT2D eigenvalue weighted by Gasteiger charge is 2.27. The first-order valence-electron chi connectivity index (χ1n) is 18.8. The highest BCUT2D eigenvalue weighted by molar-refractivity contribution is 7.47. The van der Waals surface area contributed by atoms with Gasteiger partial charge in [0, 0.05) is 13.0 Å². The Morgan fingerprint density at radius 1 is 0.723 bits per heavy atom. The Morgan fingerprint density at radius 2 is 1.19 bits per heavy atom. The molecular weight excluding hydrogens is 611 g/mol. The van der Waals surface area contributed by atoms with E-state index in [1.54, 1.807) is 0 Å². The predicted octanol–water partition coefficient (Wildman–Crippen LogP) is 9.77. The number of phosphoric acid groups is 1. The molecular formula is C38H71N2O6P. The lowest BCUT2D eigenvalue weighted by Gasteiger charge is -2.25. The van der Waals surface area contributed by atoms with Gasteiger partial charge in [0.25, 0.3) is 0 Å². The van der Waals surface area contributed by atoms with Crippen molar-refractivity contribution in [3.63, 3.8) is 0 Å². The molecule has 0 aromatic rings. The van der Waals surface area contributed by atoms with Crippen molar-refractivity contribution < 1.29 is 28.4 Å². The van der Waals surface area contributed by atoms with Crippen molar-refractivity contribution in [2.24, 2.45) is 5.73 Å². The minimum absolute atomic E-state index is 0.0766. The number of amides is 1. The molecule has 47 heavy (non-hydrogen) atoms. The molecule has 0 aromatic heterocycles. The molecule has 3 unspecified atom stereocenters. The Bertz CT molecular complexity index is 876. The Balaban J connectivity index is 4.37. The summed E-state index contributed by atoms with van der Waals surface area (Å²) in [4.78, 5) is 22.6. The Hall–Kier alpha value is -1.54. The van der Waals surface area contributed by atoms with E-state index in [1.165, 1.54) is 77.0 Å². The average molecular weight is 683 g/mol. The number of aliphatic hydroxyl groups excluding tert-OH is 1. The van der Waals surface area contributed by atoms with E-state index in [2.05, 4.69) is 55.6 Å². The van der Waals surface area contributed by atoms with Crippen LogP contribution in [0.25, 0.3) is 0 Å². The SMILES string of the molecule is CC/C=C\C/C=C\C/C=C\C/C=C\CCC(=O)NC(COP(=O)(O)OCCN)C(O)CCCCCCCCCCCCCCCCC. The number of nitrogens with two attached hydrogens (primary N) is 1. The van der Waals surface area contributed by atoms with Crippen molar-refractivity contribution >= 4 is 13.7 Å². The van der Waals surface area contributed by atoms with E-state index in [0.717, 1.165) is 44.9 Å². The summed E-state index contributed by atoms with van der Waals surface area (Å²) >= 11 is 0. The molecule has 0 saturated heterocycles. The average Bonchev–Trinajstić information content (AvgIpc) is 3.05. The summed E-state index contributed by atoms with van der Waals surface area (Å²) in [5.41, 5.74) is 5.35. The number of carbonyl (C=O) groups excluding carboxylic acids is 1. The van der Waals surface area contributed by atoms with Crippen LogP contribution < -0.4 is 11.1 Å². The predicted molar refractivity (Wildman–Crippen MR) is 198 cm³/mol. The fraction of sp³-hybridized carbons (Fsp3) is 0.763. The zero-order valence-electron chi connectivity index (χ0n) is 30.0. The van der Waals surface area contributed by atoms with E-state index in [0.29, 0.717) is 12.8 Å². The third-order valence-corrected chi connectivity index (χ3v) is 8.94. The highest BCUT2D eigenvalue weighted by Crippen LogP contribution is 2.43. The number of rotatable bonds is 34. The quantitative estimate of drug-likeness (QED) is 0.0302.